The maximum Gasteiger partial charge on any atom is 0.115 e. The maximum absolute atomic E-state index is 8.76. The van der Waals surface area contributed by atoms with E-state index in [0.29, 0.717) is 5.56 Å². The first-order valence-corrected chi connectivity index (χ1v) is 5.70. The van der Waals surface area contributed by atoms with Crippen LogP contribution in [0.1, 0.15) is 5.56 Å². The van der Waals surface area contributed by atoms with Gasteiger partial charge in [-0.15, -0.1) is 5.10 Å². The number of aromatic nitrogens is 4. The van der Waals surface area contributed by atoms with E-state index in [4.69, 9.17) is 5.26 Å². The van der Waals surface area contributed by atoms with Crippen LogP contribution in [0.15, 0.2) is 55.0 Å². The van der Waals surface area contributed by atoms with Gasteiger partial charge in [-0.05, 0) is 36.4 Å². The van der Waals surface area contributed by atoms with Gasteiger partial charge in [-0.3, -0.25) is 4.98 Å². The third kappa shape index (κ3) is 2.19. The standard InChI is InChI=1S/C14H9N5/c15-8-11-3-5-13(6-4-11)19-10-14(17-18-19)12-2-1-7-16-9-12/h1-7,9-10H. The van der Waals surface area contributed by atoms with Gasteiger partial charge >= 0.3 is 0 Å². The Bertz CT molecular complexity index is 723. The first-order valence-electron chi connectivity index (χ1n) is 5.70. The minimum absolute atomic E-state index is 0.622. The smallest absolute Gasteiger partial charge is 0.115 e. The molecule has 0 bridgehead atoms. The lowest BCUT2D eigenvalue weighted by Crippen LogP contribution is -1.94. The van der Waals surface area contributed by atoms with Crippen LogP contribution in [0.2, 0.25) is 0 Å². The number of benzene rings is 1. The second-order valence-electron chi connectivity index (χ2n) is 3.95. The van der Waals surface area contributed by atoms with Crippen LogP contribution in [0.5, 0.6) is 0 Å². The van der Waals surface area contributed by atoms with Gasteiger partial charge in [0, 0.05) is 18.0 Å². The Balaban J connectivity index is 1.95. The van der Waals surface area contributed by atoms with Gasteiger partial charge in [-0.1, -0.05) is 5.21 Å². The molecular weight excluding hydrogens is 238 g/mol. The van der Waals surface area contributed by atoms with E-state index < -0.39 is 0 Å². The molecule has 3 rings (SSSR count). The van der Waals surface area contributed by atoms with Crippen LogP contribution in [0.25, 0.3) is 16.9 Å². The summed E-state index contributed by atoms with van der Waals surface area (Å²) in [5.74, 6) is 0. The molecule has 5 heteroatoms. The fraction of sp³-hybridized carbons (Fsp3) is 0. The summed E-state index contributed by atoms with van der Waals surface area (Å²) in [7, 11) is 0. The third-order valence-electron chi connectivity index (χ3n) is 2.71. The van der Waals surface area contributed by atoms with E-state index in [0.717, 1.165) is 16.9 Å². The molecule has 0 radical (unpaired) electrons. The van der Waals surface area contributed by atoms with Crippen LogP contribution in [-0.4, -0.2) is 20.0 Å². The van der Waals surface area contributed by atoms with Gasteiger partial charge in [-0.2, -0.15) is 5.26 Å². The Morgan fingerprint density at radius 2 is 1.95 bits per heavy atom. The molecular formula is C14H9N5. The Morgan fingerprint density at radius 1 is 1.11 bits per heavy atom. The molecule has 0 aliphatic heterocycles. The Kier molecular flexibility index (Phi) is 2.75. The summed E-state index contributed by atoms with van der Waals surface area (Å²) in [4.78, 5) is 4.05. The monoisotopic (exact) mass is 247 g/mol. The molecule has 3 aromatic rings. The van der Waals surface area contributed by atoms with Crippen LogP contribution < -0.4 is 0 Å². The summed E-state index contributed by atoms with van der Waals surface area (Å²) in [6.45, 7) is 0. The topological polar surface area (TPSA) is 67.4 Å². The SMILES string of the molecule is N#Cc1ccc(-n2cc(-c3cccnc3)nn2)cc1. The second-order valence-corrected chi connectivity index (χ2v) is 3.95. The Morgan fingerprint density at radius 3 is 2.63 bits per heavy atom. The van der Waals surface area contributed by atoms with Crippen molar-refractivity contribution < 1.29 is 0 Å². The largest absolute Gasteiger partial charge is 0.264 e. The van der Waals surface area contributed by atoms with Crippen molar-refractivity contribution in [2.45, 2.75) is 0 Å². The molecule has 5 nitrogen and oxygen atoms in total. The van der Waals surface area contributed by atoms with Crippen molar-refractivity contribution in [3.05, 3.63) is 60.6 Å². The van der Waals surface area contributed by atoms with Crippen LogP contribution >= 0.6 is 0 Å². The Hall–Kier alpha value is -3.00. The van der Waals surface area contributed by atoms with Crippen molar-refractivity contribution >= 4 is 0 Å². The molecule has 0 aliphatic carbocycles. The van der Waals surface area contributed by atoms with Gasteiger partial charge in [0.1, 0.15) is 5.69 Å². The van der Waals surface area contributed by atoms with Gasteiger partial charge < -0.3 is 0 Å². The van der Waals surface area contributed by atoms with Gasteiger partial charge in [0.2, 0.25) is 0 Å². The molecule has 0 fully saturated rings. The number of rotatable bonds is 2. The summed E-state index contributed by atoms with van der Waals surface area (Å²) in [6.07, 6.45) is 5.29. The zero-order valence-electron chi connectivity index (χ0n) is 9.93. The van der Waals surface area contributed by atoms with Crippen molar-refractivity contribution in [1.29, 1.82) is 5.26 Å². The molecule has 2 aromatic heterocycles. The van der Waals surface area contributed by atoms with Gasteiger partial charge in [0.05, 0.1) is 23.5 Å². The van der Waals surface area contributed by atoms with Crippen LogP contribution in [0.4, 0.5) is 0 Å². The minimum atomic E-state index is 0.622. The fourth-order valence-electron chi connectivity index (χ4n) is 1.73. The fourth-order valence-corrected chi connectivity index (χ4v) is 1.73. The van der Waals surface area contributed by atoms with Crippen molar-refractivity contribution in [1.82, 2.24) is 20.0 Å². The lowest BCUT2D eigenvalue weighted by molar-refractivity contribution is 0.804. The zero-order valence-corrected chi connectivity index (χ0v) is 9.93. The lowest BCUT2D eigenvalue weighted by Gasteiger charge is -1.98. The molecule has 2 heterocycles. The van der Waals surface area contributed by atoms with E-state index in [2.05, 4.69) is 21.4 Å². The van der Waals surface area contributed by atoms with E-state index in [-0.39, 0.29) is 0 Å². The van der Waals surface area contributed by atoms with E-state index >= 15 is 0 Å². The number of nitrogens with zero attached hydrogens (tertiary/aromatic N) is 5. The molecule has 90 valence electrons. The molecule has 1 aromatic carbocycles. The minimum Gasteiger partial charge on any atom is -0.264 e. The first kappa shape index (κ1) is 11.1. The van der Waals surface area contributed by atoms with Crippen LogP contribution in [-0.2, 0) is 0 Å². The van der Waals surface area contributed by atoms with Gasteiger partial charge in [0.25, 0.3) is 0 Å². The maximum atomic E-state index is 8.76. The molecule has 0 saturated heterocycles. The molecule has 0 saturated carbocycles. The summed E-state index contributed by atoms with van der Waals surface area (Å²) in [6, 6.07) is 13.0. The predicted octanol–water partition coefficient (Wildman–Crippen LogP) is 2.20. The van der Waals surface area contributed by atoms with Crippen molar-refractivity contribution in [2.75, 3.05) is 0 Å². The first-order chi connectivity index (χ1) is 9.36. The van der Waals surface area contributed by atoms with Crippen molar-refractivity contribution in [3.63, 3.8) is 0 Å². The summed E-state index contributed by atoms with van der Waals surface area (Å²) < 4.78 is 1.67. The van der Waals surface area contributed by atoms with Gasteiger partial charge in [-0.25, -0.2) is 4.68 Å². The lowest BCUT2D eigenvalue weighted by atomic mass is 10.2. The average Bonchev–Trinajstić information content (AvgIpc) is 2.98. The summed E-state index contributed by atoms with van der Waals surface area (Å²) >= 11 is 0. The number of nitriles is 1. The van der Waals surface area contributed by atoms with E-state index in [1.165, 1.54) is 0 Å². The Labute approximate surface area is 109 Å². The number of hydrogen-bond donors (Lipinski definition) is 0. The highest BCUT2D eigenvalue weighted by molar-refractivity contribution is 5.56. The highest BCUT2D eigenvalue weighted by Crippen LogP contribution is 2.16. The second kappa shape index (κ2) is 4.70. The number of hydrogen-bond acceptors (Lipinski definition) is 4. The molecule has 0 spiro atoms. The highest BCUT2D eigenvalue weighted by atomic mass is 15.4. The molecule has 0 N–H and O–H groups in total. The van der Waals surface area contributed by atoms with Crippen molar-refractivity contribution in [3.8, 4) is 23.0 Å². The van der Waals surface area contributed by atoms with Crippen molar-refractivity contribution in [2.24, 2.45) is 0 Å². The zero-order chi connectivity index (χ0) is 13.1. The highest BCUT2D eigenvalue weighted by Gasteiger charge is 2.05. The van der Waals surface area contributed by atoms with Crippen LogP contribution in [0.3, 0.4) is 0 Å². The number of pyridine rings is 1. The van der Waals surface area contributed by atoms with E-state index in [1.54, 1.807) is 29.2 Å². The molecule has 0 amide bonds. The van der Waals surface area contributed by atoms with E-state index in [9.17, 15) is 0 Å². The molecule has 0 atom stereocenters. The quantitative estimate of drug-likeness (QED) is 0.696. The molecule has 19 heavy (non-hydrogen) atoms. The average molecular weight is 247 g/mol. The predicted molar refractivity (Wildman–Crippen MR) is 69.3 cm³/mol. The normalized spacial score (nSPS) is 10.1. The van der Waals surface area contributed by atoms with Gasteiger partial charge in [0.15, 0.2) is 0 Å². The molecule has 0 unspecified atom stereocenters. The van der Waals surface area contributed by atoms with Crippen LogP contribution in [0, 0.1) is 11.3 Å². The summed E-state index contributed by atoms with van der Waals surface area (Å²) in [5.41, 5.74) is 3.16. The van der Waals surface area contributed by atoms with E-state index in [1.807, 2.05) is 30.5 Å². The third-order valence-corrected chi connectivity index (χ3v) is 2.71. The molecule has 0 aliphatic rings. The summed E-state index contributed by atoms with van der Waals surface area (Å²) in [5, 5.41) is 16.9.